The van der Waals surface area contributed by atoms with Gasteiger partial charge in [0.2, 0.25) is 5.88 Å². The van der Waals surface area contributed by atoms with Gasteiger partial charge in [0, 0.05) is 50.6 Å². The van der Waals surface area contributed by atoms with Gasteiger partial charge in [-0.05, 0) is 35.9 Å². The van der Waals surface area contributed by atoms with Crippen molar-refractivity contribution in [1.82, 2.24) is 4.98 Å². The van der Waals surface area contributed by atoms with E-state index < -0.39 is 0 Å². The highest BCUT2D eigenvalue weighted by molar-refractivity contribution is 5.77. The van der Waals surface area contributed by atoms with E-state index in [0.29, 0.717) is 19.0 Å². The fraction of sp³-hybridized carbons (Fsp3) is 0.346. The lowest BCUT2D eigenvalue weighted by Crippen LogP contribution is -2.38. The molecule has 4 rings (SSSR count). The van der Waals surface area contributed by atoms with Gasteiger partial charge in [-0.15, -0.1) is 0 Å². The van der Waals surface area contributed by atoms with Crippen molar-refractivity contribution < 1.29 is 18.9 Å². The Hall–Kier alpha value is -3.45. The lowest BCUT2D eigenvalue weighted by atomic mass is 10.0. The van der Waals surface area contributed by atoms with Crippen molar-refractivity contribution in [2.24, 2.45) is 0 Å². The molecular formula is C26H31N3O4. The quantitative estimate of drug-likeness (QED) is 0.529. The van der Waals surface area contributed by atoms with Crippen LogP contribution in [0.3, 0.4) is 0 Å². The summed E-state index contributed by atoms with van der Waals surface area (Å²) in [5, 5.41) is 0. The van der Waals surface area contributed by atoms with Crippen molar-refractivity contribution in [3.05, 3.63) is 60.2 Å². The Morgan fingerprint density at radius 2 is 1.61 bits per heavy atom. The minimum absolute atomic E-state index is 0.117. The first kappa shape index (κ1) is 22.7. The topological polar surface area (TPSA) is 56.3 Å². The zero-order valence-corrected chi connectivity index (χ0v) is 19.9. The maximum atomic E-state index is 6.14. The molecule has 1 atom stereocenters. The van der Waals surface area contributed by atoms with E-state index in [1.807, 2.05) is 38.4 Å². The number of nitrogens with zero attached hydrogens (tertiary/aromatic N) is 3. The number of aromatic nitrogens is 1. The fourth-order valence-corrected chi connectivity index (χ4v) is 4.02. The fourth-order valence-electron chi connectivity index (χ4n) is 4.02. The summed E-state index contributed by atoms with van der Waals surface area (Å²) in [6, 6.07) is 18.3. The molecule has 1 unspecified atom stereocenters. The molecule has 3 aromatic rings. The van der Waals surface area contributed by atoms with Crippen LogP contribution in [0, 0.1) is 0 Å². The number of rotatable bonds is 7. The number of pyridine rings is 1. The van der Waals surface area contributed by atoms with Gasteiger partial charge in [0.05, 0.1) is 39.3 Å². The summed E-state index contributed by atoms with van der Waals surface area (Å²) < 4.78 is 22.5. The molecule has 174 valence electrons. The molecular weight excluding hydrogens is 418 g/mol. The summed E-state index contributed by atoms with van der Waals surface area (Å²) in [6.07, 6.45) is -0.117. The third kappa shape index (κ3) is 4.98. The average molecular weight is 450 g/mol. The van der Waals surface area contributed by atoms with Crippen LogP contribution < -0.4 is 24.0 Å². The number of morpholine rings is 1. The van der Waals surface area contributed by atoms with E-state index >= 15 is 0 Å². The molecule has 0 saturated carbocycles. The number of hydrogen-bond acceptors (Lipinski definition) is 7. The molecule has 7 heteroatoms. The summed E-state index contributed by atoms with van der Waals surface area (Å²) in [5.74, 6) is 2.09. The van der Waals surface area contributed by atoms with Crippen molar-refractivity contribution in [1.29, 1.82) is 0 Å². The summed E-state index contributed by atoms with van der Waals surface area (Å²) in [5.41, 5.74) is 5.15. The van der Waals surface area contributed by atoms with Crippen LogP contribution in [0.1, 0.15) is 11.7 Å². The van der Waals surface area contributed by atoms with Gasteiger partial charge in [0.15, 0.2) is 0 Å². The molecule has 33 heavy (non-hydrogen) atoms. The molecule has 1 fully saturated rings. The van der Waals surface area contributed by atoms with Gasteiger partial charge < -0.3 is 28.7 Å². The molecule has 0 bridgehead atoms. The highest BCUT2D eigenvalue weighted by atomic mass is 16.5. The van der Waals surface area contributed by atoms with Crippen molar-refractivity contribution in [2.75, 3.05) is 64.9 Å². The summed E-state index contributed by atoms with van der Waals surface area (Å²) in [7, 11) is 9.02. The largest absolute Gasteiger partial charge is 0.497 e. The van der Waals surface area contributed by atoms with E-state index in [1.54, 1.807) is 21.3 Å². The van der Waals surface area contributed by atoms with Crippen LogP contribution in [0.15, 0.2) is 54.6 Å². The molecule has 0 spiro atoms. The van der Waals surface area contributed by atoms with E-state index in [-0.39, 0.29) is 6.10 Å². The monoisotopic (exact) mass is 449 g/mol. The molecule has 1 aromatic heterocycles. The van der Waals surface area contributed by atoms with Crippen LogP contribution in [0.5, 0.6) is 17.4 Å². The molecule has 1 saturated heterocycles. The lowest BCUT2D eigenvalue weighted by molar-refractivity contribution is 0.0395. The maximum Gasteiger partial charge on any atom is 0.213 e. The molecule has 0 radical (unpaired) electrons. The van der Waals surface area contributed by atoms with E-state index in [9.17, 15) is 0 Å². The third-order valence-corrected chi connectivity index (χ3v) is 5.87. The van der Waals surface area contributed by atoms with Gasteiger partial charge in [-0.3, -0.25) is 0 Å². The normalized spacial score (nSPS) is 15.8. The first-order valence-corrected chi connectivity index (χ1v) is 10.9. The van der Waals surface area contributed by atoms with Crippen molar-refractivity contribution in [3.8, 4) is 28.6 Å². The van der Waals surface area contributed by atoms with Gasteiger partial charge in [-0.25, -0.2) is 4.98 Å². The van der Waals surface area contributed by atoms with Crippen molar-refractivity contribution in [2.45, 2.75) is 6.10 Å². The smallest absolute Gasteiger partial charge is 0.213 e. The SMILES string of the molecule is COc1cc(OC)cc(C2CN(c3ccc(OC)nc3-c3ccc(N(C)C)cc3)CCO2)c1. The van der Waals surface area contributed by atoms with Gasteiger partial charge in [0.1, 0.15) is 17.6 Å². The number of methoxy groups -OCH3 is 3. The average Bonchev–Trinajstić information content (AvgIpc) is 2.88. The molecule has 0 aliphatic carbocycles. The van der Waals surface area contributed by atoms with Crippen LogP contribution >= 0.6 is 0 Å². The highest BCUT2D eigenvalue weighted by Gasteiger charge is 2.26. The predicted molar refractivity (Wildman–Crippen MR) is 131 cm³/mol. The number of anilines is 2. The van der Waals surface area contributed by atoms with Gasteiger partial charge in [-0.2, -0.15) is 0 Å². The van der Waals surface area contributed by atoms with Crippen molar-refractivity contribution >= 4 is 11.4 Å². The molecule has 2 heterocycles. The zero-order chi connectivity index (χ0) is 23.4. The zero-order valence-electron chi connectivity index (χ0n) is 19.9. The second kappa shape index (κ2) is 10.0. The van der Waals surface area contributed by atoms with Crippen LogP contribution in [0.4, 0.5) is 11.4 Å². The second-order valence-corrected chi connectivity index (χ2v) is 8.11. The molecule has 2 aromatic carbocycles. The Morgan fingerprint density at radius 3 is 2.21 bits per heavy atom. The Balaban J connectivity index is 1.67. The Morgan fingerprint density at radius 1 is 0.909 bits per heavy atom. The van der Waals surface area contributed by atoms with Gasteiger partial charge in [-0.1, -0.05) is 12.1 Å². The number of hydrogen-bond donors (Lipinski definition) is 0. The van der Waals surface area contributed by atoms with Crippen LogP contribution in [-0.4, -0.2) is 60.1 Å². The molecule has 1 aliphatic heterocycles. The maximum absolute atomic E-state index is 6.14. The first-order chi connectivity index (χ1) is 16.0. The van der Waals surface area contributed by atoms with E-state index in [1.165, 1.54) is 0 Å². The van der Waals surface area contributed by atoms with Gasteiger partial charge >= 0.3 is 0 Å². The minimum atomic E-state index is -0.117. The summed E-state index contributed by atoms with van der Waals surface area (Å²) in [4.78, 5) is 9.21. The van der Waals surface area contributed by atoms with Crippen LogP contribution in [0.2, 0.25) is 0 Å². The number of ether oxygens (including phenoxy) is 4. The Bertz CT molecular complexity index is 1060. The van der Waals surface area contributed by atoms with E-state index in [0.717, 1.165) is 46.2 Å². The predicted octanol–water partition coefficient (Wildman–Crippen LogP) is 4.42. The first-order valence-electron chi connectivity index (χ1n) is 10.9. The minimum Gasteiger partial charge on any atom is -0.497 e. The number of benzene rings is 2. The highest BCUT2D eigenvalue weighted by Crippen LogP contribution is 2.36. The van der Waals surface area contributed by atoms with E-state index in [4.69, 9.17) is 23.9 Å². The second-order valence-electron chi connectivity index (χ2n) is 8.11. The van der Waals surface area contributed by atoms with Crippen molar-refractivity contribution in [3.63, 3.8) is 0 Å². The standard InChI is InChI=1S/C26H31N3O4/c1-28(2)20-8-6-18(7-9-20)26-23(10-11-25(27-26)32-5)29-12-13-33-24(17-29)19-14-21(30-3)16-22(15-19)31-4/h6-11,14-16,24H,12-13,17H2,1-5H3. The summed E-state index contributed by atoms with van der Waals surface area (Å²) in [6.45, 7) is 2.07. The lowest BCUT2D eigenvalue weighted by Gasteiger charge is -2.35. The van der Waals surface area contributed by atoms with Crippen LogP contribution in [0.25, 0.3) is 11.3 Å². The summed E-state index contributed by atoms with van der Waals surface area (Å²) >= 11 is 0. The third-order valence-electron chi connectivity index (χ3n) is 5.87. The molecule has 0 amide bonds. The molecule has 7 nitrogen and oxygen atoms in total. The van der Waals surface area contributed by atoms with Crippen LogP contribution in [-0.2, 0) is 4.74 Å². The molecule has 0 N–H and O–H groups in total. The Kier molecular flexibility index (Phi) is 6.89. The Labute approximate surface area is 195 Å². The van der Waals surface area contributed by atoms with Gasteiger partial charge in [0.25, 0.3) is 0 Å². The molecule has 1 aliphatic rings. The van der Waals surface area contributed by atoms with E-state index in [2.05, 4.69) is 40.1 Å².